The summed E-state index contributed by atoms with van der Waals surface area (Å²) in [5, 5.41) is 6.77. The molecule has 1 atom stereocenters. The Kier molecular flexibility index (Phi) is 2.72. The van der Waals surface area contributed by atoms with Gasteiger partial charge < -0.3 is 10.6 Å². The highest BCUT2D eigenvalue weighted by Gasteiger charge is 2.35. The third kappa shape index (κ3) is 1.96. The molecule has 1 unspecified atom stereocenters. The van der Waals surface area contributed by atoms with Gasteiger partial charge >= 0.3 is 0 Å². The fraction of sp³-hybridized carbons (Fsp3) is 0.133. The number of nitrogens with one attached hydrogen (secondary N) is 2. The van der Waals surface area contributed by atoms with Gasteiger partial charge in [-0.25, -0.2) is 0 Å². The van der Waals surface area contributed by atoms with Crippen LogP contribution in [0, 0.1) is 0 Å². The van der Waals surface area contributed by atoms with Gasteiger partial charge in [-0.3, -0.25) is 4.79 Å². The monoisotopic (exact) mass is 272 g/mol. The molecule has 1 heterocycles. The van der Waals surface area contributed by atoms with Crippen LogP contribution in [0.25, 0.3) is 0 Å². The van der Waals surface area contributed by atoms with Gasteiger partial charge in [-0.15, -0.1) is 0 Å². The molecule has 1 amide bonds. The number of rotatable bonds is 1. The summed E-state index contributed by atoms with van der Waals surface area (Å²) in [5.41, 5.74) is 1.62. The summed E-state index contributed by atoms with van der Waals surface area (Å²) < 4.78 is 0. The number of hydrogen-bond donors (Lipinski definition) is 2. The summed E-state index contributed by atoms with van der Waals surface area (Å²) in [6, 6.07) is 15.2. The molecule has 3 rings (SSSR count). The Hall–Kier alpha value is -2.00. The molecule has 2 N–H and O–H groups in total. The van der Waals surface area contributed by atoms with Crippen molar-refractivity contribution in [1.29, 1.82) is 0 Å². The molecule has 19 heavy (non-hydrogen) atoms. The van der Waals surface area contributed by atoms with Crippen LogP contribution in [0.4, 0.5) is 5.69 Å². The minimum atomic E-state index is -0.629. The number of carbonyl (C=O) groups is 1. The van der Waals surface area contributed by atoms with Gasteiger partial charge in [-0.2, -0.15) is 0 Å². The Labute approximate surface area is 116 Å². The van der Waals surface area contributed by atoms with E-state index in [4.69, 9.17) is 11.6 Å². The molecule has 96 valence electrons. The molecule has 0 saturated carbocycles. The van der Waals surface area contributed by atoms with Crippen molar-refractivity contribution in [2.45, 2.75) is 12.6 Å². The van der Waals surface area contributed by atoms with Crippen LogP contribution >= 0.6 is 11.6 Å². The molecule has 1 aliphatic heterocycles. The van der Waals surface area contributed by atoms with Crippen molar-refractivity contribution in [2.75, 3.05) is 5.32 Å². The quantitative estimate of drug-likeness (QED) is 0.836. The topological polar surface area (TPSA) is 41.1 Å². The lowest BCUT2D eigenvalue weighted by atomic mass is 9.96. The third-order valence-electron chi connectivity index (χ3n) is 3.34. The lowest BCUT2D eigenvalue weighted by Gasteiger charge is -2.38. The highest BCUT2D eigenvalue weighted by atomic mass is 35.5. The predicted octanol–water partition coefficient (Wildman–Crippen LogP) is 3.37. The van der Waals surface area contributed by atoms with Crippen molar-refractivity contribution in [3.63, 3.8) is 0 Å². The molecule has 0 spiro atoms. The molecule has 4 heteroatoms. The standard InChI is InChI=1S/C15H13ClN2O/c1-15(10-6-3-2-4-7-10)17-12-9-5-8-11(16)13(12)14(19)18-15/h2-9,17H,1H3,(H,18,19). The first-order valence-corrected chi connectivity index (χ1v) is 6.43. The molecule has 2 aromatic rings. The number of anilines is 1. The van der Waals surface area contributed by atoms with E-state index in [9.17, 15) is 4.79 Å². The van der Waals surface area contributed by atoms with Gasteiger partial charge in [-0.05, 0) is 24.6 Å². The van der Waals surface area contributed by atoms with Gasteiger partial charge in [0.2, 0.25) is 0 Å². The maximum absolute atomic E-state index is 12.3. The molecule has 3 nitrogen and oxygen atoms in total. The maximum Gasteiger partial charge on any atom is 0.256 e. The Morgan fingerprint density at radius 2 is 1.74 bits per heavy atom. The average Bonchev–Trinajstić information content (AvgIpc) is 2.39. The first-order valence-electron chi connectivity index (χ1n) is 6.05. The second-order valence-electron chi connectivity index (χ2n) is 4.73. The van der Waals surface area contributed by atoms with Crippen LogP contribution in [0.5, 0.6) is 0 Å². The first-order chi connectivity index (χ1) is 9.10. The van der Waals surface area contributed by atoms with E-state index in [0.717, 1.165) is 11.3 Å². The largest absolute Gasteiger partial charge is 0.359 e. The average molecular weight is 273 g/mol. The van der Waals surface area contributed by atoms with E-state index in [2.05, 4.69) is 10.6 Å². The first kappa shape index (κ1) is 12.1. The molecular formula is C15H13ClN2O. The zero-order valence-electron chi connectivity index (χ0n) is 10.4. The number of halogens is 1. The molecule has 0 aromatic heterocycles. The molecule has 0 aliphatic carbocycles. The summed E-state index contributed by atoms with van der Waals surface area (Å²) in [6.45, 7) is 1.93. The van der Waals surface area contributed by atoms with Crippen LogP contribution < -0.4 is 10.6 Å². The van der Waals surface area contributed by atoms with Crippen LogP contribution in [0.15, 0.2) is 48.5 Å². The van der Waals surface area contributed by atoms with Gasteiger partial charge in [0, 0.05) is 0 Å². The Morgan fingerprint density at radius 3 is 2.47 bits per heavy atom. The second kappa shape index (κ2) is 4.28. The Bertz CT molecular complexity index is 642. The summed E-state index contributed by atoms with van der Waals surface area (Å²) >= 11 is 6.08. The Morgan fingerprint density at radius 1 is 1.00 bits per heavy atom. The fourth-order valence-corrected chi connectivity index (χ4v) is 2.63. The van der Waals surface area contributed by atoms with Gasteiger partial charge in [0.05, 0.1) is 16.3 Å². The zero-order chi connectivity index (χ0) is 13.5. The van der Waals surface area contributed by atoms with Gasteiger partial charge in [-0.1, -0.05) is 48.0 Å². The van der Waals surface area contributed by atoms with Crippen LogP contribution in [0.2, 0.25) is 5.02 Å². The summed E-state index contributed by atoms with van der Waals surface area (Å²) in [4.78, 5) is 12.3. The fourth-order valence-electron chi connectivity index (χ4n) is 2.37. The van der Waals surface area contributed by atoms with E-state index in [1.807, 2.05) is 49.4 Å². The minimum Gasteiger partial charge on any atom is -0.359 e. The van der Waals surface area contributed by atoms with Crippen molar-refractivity contribution < 1.29 is 4.79 Å². The van der Waals surface area contributed by atoms with Crippen LogP contribution in [0.3, 0.4) is 0 Å². The van der Waals surface area contributed by atoms with E-state index in [1.54, 1.807) is 6.07 Å². The number of amides is 1. The summed E-state index contributed by atoms with van der Waals surface area (Å²) in [7, 11) is 0. The molecule has 0 radical (unpaired) electrons. The van der Waals surface area contributed by atoms with Gasteiger partial charge in [0.25, 0.3) is 5.91 Å². The van der Waals surface area contributed by atoms with Crippen LogP contribution in [-0.2, 0) is 5.66 Å². The second-order valence-corrected chi connectivity index (χ2v) is 5.14. The minimum absolute atomic E-state index is 0.161. The number of benzene rings is 2. The lowest BCUT2D eigenvalue weighted by molar-refractivity contribution is 0.0906. The molecule has 2 aromatic carbocycles. The Balaban J connectivity index is 2.09. The number of carbonyl (C=O) groups excluding carboxylic acids is 1. The third-order valence-corrected chi connectivity index (χ3v) is 3.65. The maximum atomic E-state index is 12.3. The molecule has 0 fully saturated rings. The molecular weight excluding hydrogens is 260 g/mol. The predicted molar refractivity (Wildman–Crippen MR) is 76.3 cm³/mol. The normalized spacial score (nSPS) is 21.3. The lowest BCUT2D eigenvalue weighted by Crippen LogP contribution is -2.53. The van der Waals surface area contributed by atoms with E-state index in [-0.39, 0.29) is 5.91 Å². The van der Waals surface area contributed by atoms with Crippen molar-refractivity contribution in [3.8, 4) is 0 Å². The number of hydrogen-bond acceptors (Lipinski definition) is 2. The SMILES string of the molecule is CC1(c2ccccc2)NC(=O)c2c(Cl)cccc2N1. The molecule has 1 aliphatic rings. The van der Waals surface area contributed by atoms with Crippen LogP contribution in [-0.4, -0.2) is 5.91 Å². The van der Waals surface area contributed by atoms with E-state index in [0.29, 0.717) is 10.6 Å². The van der Waals surface area contributed by atoms with Crippen molar-refractivity contribution in [1.82, 2.24) is 5.32 Å². The van der Waals surface area contributed by atoms with Crippen molar-refractivity contribution in [3.05, 3.63) is 64.7 Å². The summed E-state index contributed by atoms with van der Waals surface area (Å²) in [6.07, 6.45) is 0. The van der Waals surface area contributed by atoms with Crippen LogP contribution in [0.1, 0.15) is 22.8 Å². The van der Waals surface area contributed by atoms with Gasteiger partial charge in [0.15, 0.2) is 0 Å². The van der Waals surface area contributed by atoms with Gasteiger partial charge in [0.1, 0.15) is 5.66 Å². The smallest absolute Gasteiger partial charge is 0.256 e. The van der Waals surface area contributed by atoms with E-state index in [1.165, 1.54) is 0 Å². The highest BCUT2D eigenvalue weighted by Crippen LogP contribution is 2.34. The highest BCUT2D eigenvalue weighted by molar-refractivity contribution is 6.34. The van der Waals surface area contributed by atoms with E-state index < -0.39 is 5.66 Å². The van der Waals surface area contributed by atoms with Crippen molar-refractivity contribution >= 4 is 23.2 Å². The zero-order valence-corrected chi connectivity index (χ0v) is 11.2. The van der Waals surface area contributed by atoms with E-state index >= 15 is 0 Å². The molecule has 0 bridgehead atoms. The summed E-state index contributed by atoms with van der Waals surface area (Å²) in [5.74, 6) is -0.161. The molecule has 0 saturated heterocycles. The number of fused-ring (bicyclic) bond motifs is 1. The van der Waals surface area contributed by atoms with Crippen molar-refractivity contribution in [2.24, 2.45) is 0 Å².